The molecule has 0 saturated carbocycles. The summed E-state index contributed by atoms with van der Waals surface area (Å²) in [5.74, 6) is 0.286. The second-order valence-corrected chi connectivity index (χ2v) is 6.05. The Balaban J connectivity index is 2.20. The van der Waals surface area contributed by atoms with E-state index in [0.717, 1.165) is 17.8 Å². The van der Waals surface area contributed by atoms with Crippen molar-refractivity contribution in [2.24, 2.45) is 4.99 Å². The van der Waals surface area contributed by atoms with Gasteiger partial charge in [0.25, 0.3) is 5.56 Å². The molecule has 0 spiro atoms. The highest BCUT2D eigenvalue weighted by Crippen LogP contribution is 2.32. The molecule has 2 heterocycles. The first-order valence-corrected chi connectivity index (χ1v) is 7.62. The summed E-state index contributed by atoms with van der Waals surface area (Å²) in [7, 11) is 1.46. The fourth-order valence-corrected chi connectivity index (χ4v) is 3.43. The summed E-state index contributed by atoms with van der Waals surface area (Å²) < 4.78 is 7.32. The van der Waals surface area contributed by atoms with Gasteiger partial charge in [-0.15, -0.1) is 0 Å². The number of rotatable bonds is 2. The van der Waals surface area contributed by atoms with Crippen LogP contribution in [0, 0.1) is 0 Å². The third-order valence-corrected chi connectivity index (χ3v) is 4.63. The zero-order valence-electron chi connectivity index (χ0n) is 11.3. The van der Waals surface area contributed by atoms with Crippen LogP contribution in [0.15, 0.2) is 21.9 Å². The summed E-state index contributed by atoms with van der Waals surface area (Å²) in [6, 6.07) is 3.01. The Kier molecular flexibility index (Phi) is 3.73. The second-order valence-electron chi connectivity index (χ2n) is 4.63. The molecule has 0 saturated heterocycles. The number of ether oxygens (including phenoxy) is 1. The van der Waals surface area contributed by atoms with Crippen LogP contribution in [0.4, 0.5) is 0 Å². The lowest BCUT2D eigenvalue weighted by Gasteiger charge is -2.05. The Labute approximate surface area is 129 Å². The molecule has 5 nitrogen and oxygen atoms in total. The topological polar surface area (TPSA) is 63.8 Å². The van der Waals surface area contributed by atoms with Crippen molar-refractivity contribution in [3.05, 3.63) is 42.4 Å². The highest BCUT2D eigenvalue weighted by molar-refractivity contribution is 7.07. The SMILES string of the molecule is COc1cc(/C=c2\sc3n(c2=O)CCCN=3)c(Cl)cc1O. The predicted molar refractivity (Wildman–Crippen MR) is 82.1 cm³/mol. The Bertz CT molecular complexity index is 870. The standard InChI is InChI=1S/C14H13ClN2O3S/c1-20-11-5-8(9(15)7-10(11)18)6-12-13(19)17-4-2-3-16-14(17)21-12/h5-7,18H,2-4H2,1H3/b12-6-. The van der Waals surface area contributed by atoms with Gasteiger partial charge in [-0.3, -0.25) is 14.4 Å². The van der Waals surface area contributed by atoms with Crippen molar-refractivity contribution >= 4 is 29.0 Å². The van der Waals surface area contributed by atoms with Crippen LogP contribution in [-0.4, -0.2) is 23.3 Å². The number of thiazole rings is 1. The number of phenols is 1. The average Bonchev–Trinajstić information content (AvgIpc) is 2.79. The van der Waals surface area contributed by atoms with Gasteiger partial charge >= 0.3 is 0 Å². The lowest BCUT2D eigenvalue weighted by molar-refractivity contribution is 0.373. The van der Waals surface area contributed by atoms with Crippen LogP contribution in [-0.2, 0) is 6.54 Å². The van der Waals surface area contributed by atoms with Gasteiger partial charge in [-0.05, 0) is 24.1 Å². The van der Waals surface area contributed by atoms with E-state index in [2.05, 4.69) is 4.99 Å². The predicted octanol–water partition coefficient (Wildman–Crippen LogP) is 1.13. The van der Waals surface area contributed by atoms with Crippen LogP contribution >= 0.6 is 22.9 Å². The fourth-order valence-electron chi connectivity index (χ4n) is 2.20. The van der Waals surface area contributed by atoms with Crippen LogP contribution in [0.25, 0.3) is 6.08 Å². The van der Waals surface area contributed by atoms with Gasteiger partial charge in [0.2, 0.25) is 0 Å². The van der Waals surface area contributed by atoms with Crippen LogP contribution < -0.4 is 19.6 Å². The first-order chi connectivity index (χ1) is 10.1. The number of phenolic OH excluding ortho intramolecular Hbond substituents is 1. The van der Waals surface area contributed by atoms with E-state index in [4.69, 9.17) is 16.3 Å². The average molecular weight is 325 g/mol. The number of aromatic nitrogens is 1. The summed E-state index contributed by atoms with van der Waals surface area (Å²) in [5, 5.41) is 10.0. The van der Waals surface area contributed by atoms with Crippen molar-refractivity contribution in [1.82, 2.24) is 4.57 Å². The minimum atomic E-state index is -0.0541. The third kappa shape index (κ3) is 2.56. The van der Waals surface area contributed by atoms with Gasteiger partial charge in [-0.1, -0.05) is 22.9 Å². The largest absolute Gasteiger partial charge is 0.504 e. The molecule has 0 aliphatic carbocycles. The number of halogens is 1. The first-order valence-electron chi connectivity index (χ1n) is 6.42. The molecule has 0 fully saturated rings. The number of aromatic hydroxyl groups is 1. The molecule has 21 heavy (non-hydrogen) atoms. The lowest BCUT2D eigenvalue weighted by atomic mass is 10.2. The van der Waals surface area contributed by atoms with Crippen LogP contribution in [0.1, 0.15) is 12.0 Å². The molecule has 2 aromatic rings. The maximum atomic E-state index is 12.3. The molecule has 110 valence electrons. The number of fused-ring (bicyclic) bond motifs is 1. The van der Waals surface area contributed by atoms with Gasteiger partial charge in [-0.25, -0.2) is 0 Å². The van der Waals surface area contributed by atoms with Crippen LogP contribution in [0.5, 0.6) is 11.5 Å². The number of hydrogen-bond donors (Lipinski definition) is 1. The maximum Gasteiger partial charge on any atom is 0.270 e. The molecular formula is C14H13ClN2O3S. The molecule has 0 bridgehead atoms. The molecule has 3 rings (SSSR count). The van der Waals surface area contributed by atoms with Crippen molar-refractivity contribution in [3.8, 4) is 11.5 Å². The monoisotopic (exact) mass is 324 g/mol. The Morgan fingerprint density at radius 2 is 2.33 bits per heavy atom. The lowest BCUT2D eigenvalue weighted by Crippen LogP contribution is -2.33. The first kappa shape index (κ1) is 14.2. The van der Waals surface area contributed by atoms with E-state index in [-0.39, 0.29) is 11.3 Å². The molecular weight excluding hydrogens is 312 g/mol. The van der Waals surface area contributed by atoms with Crippen molar-refractivity contribution in [1.29, 1.82) is 0 Å². The molecule has 1 aromatic carbocycles. The van der Waals surface area contributed by atoms with Gasteiger partial charge < -0.3 is 9.84 Å². The van der Waals surface area contributed by atoms with Gasteiger partial charge in [-0.2, -0.15) is 0 Å². The minimum Gasteiger partial charge on any atom is -0.504 e. The molecule has 1 aliphatic heterocycles. The molecule has 1 N–H and O–H groups in total. The molecule has 7 heteroatoms. The second kappa shape index (κ2) is 5.54. The number of methoxy groups -OCH3 is 1. The normalized spacial score (nSPS) is 14.7. The Hall–Kier alpha value is -1.79. The zero-order chi connectivity index (χ0) is 15.0. The fraction of sp³-hybridized carbons (Fsp3) is 0.286. The Morgan fingerprint density at radius 3 is 3.05 bits per heavy atom. The number of benzene rings is 1. The summed E-state index contributed by atoms with van der Waals surface area (Å²) in [6.45, 7) is 1.46. The molecule has 1 aliphatic rings. The summed E-state index contributed by atoms with van der Waals surface area (Å²) in [4.78, 5) is 17.4. The third-order valence-electron chi connectivity index (χ3n) is 3.26. The summed E-state index contributed by atoms with van der Waals surface area (Å²) >= 11 is 7.46. The van der Waals surface area contributed by atoms with Crippen molar-refractivity contribution in [2.45, 2.75) is 13.0 Å². The number of hydrogen-bond acceptors (Lipinski definition) is 5. The molecule has 0 amide bonds. The van der Waals surface area contributed by atoms with E-state index < -0.39 is 0 Å². The van der Waals surface area contributed by atoms with Crippen molar-refractivity contribution < 1.29 is 9.84 Å². The van der Waals surface area contributed by atoms with Gasteiger partial charge in [0.15, 0.2) is 16.3 Å². The van der Waals surface area contributed by atoms with Crippen LogP contribution in [0.3, 0.4) is 0 Å². The van der Waals surface area contributed by atoms with Crippen LogP contribution in [0.2, 0.25) is 5.02 Å². The zero-order valence-corrected chi connectivity index (χ0v) is 12.9. The van der Waals surface area contributed by atoms with E-state index in [1.54, 1.807) is 16.7 Å². The molecule has 0 radical (unpaired) electrons. The summed E-state index contributed by atoms with van der Waals surface area (Å²) in [5.41, 5.74) is 0.573. The Morgan fingerprint density at radius 1 is 1.52 bits per heavy atom. The van der Waals surface area contributed by atoms with Gasteiger partial charge in [0, 0.05) is 19.2 Å². The molecule has 0 atom stereocenters. The maximum absolute atomic E-state index is 12.3. The molecule has 0 unspecified atom stereocenters. The highest BCUT2D eigenvalue weighted by atomic mass is 35.5. The minimum absolute atomic E-state index is 0.0307. The highest BCUT2D eigenvalue weighted by Gasteiger charge is 2.11. The van der Waals surface area contributed by atoms with Crippen molar-refractivity contribution in [2.75, 3.05) is 13.7 Å². The smallest absolute Gasteiger partial charge is 0.270 e. The van der Waals surface area contributed by atoms with E-state index in [9.17, 15) is 9.90 Å². The van der Waals surface area contributed by atoms with Gasteiger partial charge in [0.1, 0.15) is 0 Å². The van der Waals surface area contributed by atoms with Gasteiger partial charge in [0.05, 0.1) is 16.7 Å². The van der Waals surface area contributed by atoms with E-state index in [1.165, 1.54) is 24.5 Å². The van der Waals surface area contributed by atoms with Crippen molar-refractivity contribution in [3.63, 3.8) is 0 Å². The molecule has 1 aromatic heterocycles. The quantitative estimate of drug-likeness (QED) is 0.900. The van der Waals surface area contributed by atoms with E-state index in [0.29, 0.717) is 27.4 Å². The summed E-state index contributed by atoms with van der Waals surface area (Å²) in [6.07, 6.45) is 2.59. The number of nitrogens with zero attached hydrogens (tertiary/aromatic N) is 2. The van der Waals surface area contributed by atoms with E-state index in [1.807, 2.05) is 0 Å². The van der Waals surface area contributed by atoms with E-state index >= 15 is 0 Å².